The average Bonchev–Trinajstić information content (AvgIpc) is 2.95. The second-order valence-corrected chi connectivity index (χ2v) is 5.71. The number of hydrogen-bond donors (Lipinski definition) is 1. The molecule has 0 bridgehead atoms. The fourth-order valence-electron chi connectivity index (χ4n) is 2.70. The molecular formula is C17H18N4O3. The van der Waals surface area contributed by atoms with Crippen LogP contribution in [0.4, 0.5) is 0 Å². The summed E-state index contributed by atoms with van der Waals surface area (Å²) in [6, 6.07) is 9.45. The highest BCUT2D eigenvalue weighted by Gasteiger charge is 2.17. The third kappa shape index (κ3) is 2.92. The van der Waals surface area contributed by atoms with Gasteiger partial charge in [0.05, 0.1) is 17.1 Å². The summed E-state index contributed by atoms with van der Waals surface area (Å²) < 4.78 is 6.17. The Bertz CT molecular complexity index is 944. The van der Waals surface area contributed by atoms with Crippen LogP contribution >= 0.6 is 0 Å². The molecular weight excluding hydrogens is 308 g/mol. The molecule has 2 aromatic heterocycles. The van der Waals surface area contributed by atoms with E-state index in [2.05, 4.69) is 15.6 Å². The molecule has 124 valence electrons. The maximum atomic E-state index is 12.4. The fraction of sp³-hybridized carbons (Fsp3) is 0.294. The van der Waals surface area contributed by atoms with Crippen molar-refractivity contribution in [3.05, 3.63) is 57.7 Å². The number of hydrogen-bond acceptors (Lipinski definition) is 5. The van der Waals surface area contributed by atoms with E-state index in [-0.39, 0.29) is 24.0 Å². The van der Waals surface area contributed by atoms with Gasteiger partial charge in [-0.15, -0.1) is 0 Å². The van der Waals surface area contributed by atoms with Gasteiger partial charge in [-0.05, 0) is 26.3 Å². The Labute approximate surface area is 138 Å². The molecule has 1 N–H and O–H groups in total. The van der Waals surface area contributed by atoms with Gasteiger partial charge in [-0.3, -0.25) is 9.59 Å². The molecule has 7 nitrogen and oxygen atoms in total. The molecule has 1 aromatic carbocycles. The van der Waals surface area contributed by atoms with Crippen molar-refractivity contribution in [2.45, 2.75) is 33.4 Å². The number of rotatable bonds is 4. The number of nitrogens with one attached hydrogen (secondary N) is 1. The van der Waals surface area contributed by atoms with Crippen LogP contribution in [0.15, 0.2) is 39.6 Å². The van der Waals surface area contributed by atoms with Gasteiger partial charge < -0.3 is 9.84 Å². The standard InChI is InChI=1S/C17H18N4O3/c1-10(13-7-5-4-6-8-13)18-14(22)9-21-17(23)16-15(11(2)19-21)12(3)24-20-16/h4-8,10H,9H2,1-3H3,(H,18,22)/t10-/m0/s1. The highest BCUT2D eigenvalue weighted by Crippen LogP contribution is 2.16. The SMILES string of the molecule is Cc1nn(CC(=O)N[C@@H](C)c2ccccc2)c(=O)c2noc(C)c12. The van der Waals surface area contributed by atoms with Crippen LogP contribution in [0.25, 0.3) is 10.9 Å². The Morgan fingerprint density at radius 3 is 2.71 bits per heavy atom. The van der Waals surface area contributed by atoms with Crippen LogP contribution in [0.2, 0.25) is 0 Å². The minimum atomic E-state index is -0.435. The van der Waals surface area contributed by atoms with Gasteiger partial charge in [-0.1, -0.05) is 35.5 Å². The second-order valence-electron chi connectivity index (χ2n) is 5.71. The summed E-state index contributed by atoms with van der Waals surface area (Å²) in [5, 5.41) is 11.4. The summed E-state index contributed by atoms with van der Waals surface area (Å²) in [7, 11) is 0. The summed E-state index contributed by atoms with van der Waals surface area (Å²) >= 11 is 0. The monoisotopic (exact) mass is 326 g/mol. The number of carbonyl (C=O) groups is 1. The smallest absolute Gasteiger partial charge is 0.297 e. The van der Waals surface area contributed by atoms with Crippen molar-refractivity contribution in [2.24, 2.45) is 0 Å². The minimum Gasteiger partial charge on any atom is -0.360 e. The van der Waals surface area contributed by atoms with E-state index in [0.717, 1.165) is 10.2 Å². The van der Waals surface area contributed by atoms with E-state index in [1.54, 1.807) is 13.8 Å². The fourth-order valence-corrected chi connectivity index (χ4v) is 2.70. The second kappa shape index (κ2) is 6.27. The van der Waals surface area contributed by atoms with Crippen molar-refractivity contribution < 1.29 is 9.32 Å². The maximum absolute atomic E-state index is 12.4. The van der Waals surface area contributed by atoms with Gasteiger partial charge in [-0.2, -0.15) is 5.10 Å². The molecule has 0 unspecified atom stereocenters. The van der Waals surface area contributed by atoms with Crippen LogP contribution < -0.4 is 10.9 Å². The van der Waals surface area contributed by atoms with Crippen molar-refractivity contribution in [2.75, 3.05) is 0 Å². The summed E-state index contributed by atoms with van der Waals surface area (Å²) in [5.41, 5.74) is 1.36. The summed E-state index contributed by atoms with van der Waals surface area (Å²) in [5.74, 6) is 0.251. The van der Waals surface area contributed by atoms with Crippen LogP contribution in [0, 0.1) is 13.8 Å². The first kappa shape index (κ1) is 15.9. The molecule has 7 heteroatoms. The Hall–Kier alpha value is -2.96. The molecule has 0 aliphatic rings. The molecule has 3 aromatic rings. The summed E-state index contributed by atoms with van der Waals surface area (Å²) in [6.07, 6.45) is 0. The normalized spacial score (nSPS) is 12.3. The Morgan fingerprint density at radius 2 is 2.00 bits per heavy atom. The van der Waals surface area contributed by atoms with Crippen molar-refractivity contribution >= 4 is 16.8 Å². The summed E-state index contributed by atoms with van der Waals surface area (Å²) in [6.45, 7) is 5.20. The van der Waals surface area contributed by atoms with E-state index in [1.165, 1.54) is 0 Å². The quantitative estimate of drug-likeness (QED) is 0.790. The number of benzene rings is 1. The van der Waals surface area contributed by atoms with Gasteiger partial charge in [0.25, 0.3) is 5.56 Å². The molecule has 0 aliphatic heterocycles. The lowest BCUT2D eigenvalue weighted by Crippen LogP contribution is -2.35. The number of aromatic nitrogens is 3. The topological polar surface area (TPSA) is 90.0 Å². The molecule has 0 radical (unpaired) electrons. The molecule has 0 aliphatic carbocycles. The zero-order valence-corrected chi connectivity index (χ0v) is 13.7. The predicted octanol–water partition coefficient (Wildman–Crippen LogP) is 1.88. The predicted molar refractivity (Wildman–Crippen MR) is 88.5 cm³/mol. The molecule has 0 saturated carbocycles. The largest absolute Gasteiger partial charge is 0.360 e. The average molecular weight is 326 g/mol. The Balaban J connectivity index is 1.81. The number of amides is 1. The molecule has 1 amide bonds. The van der Waals surface area contributed by atoms with E-state index in [1.807, 2.05) is 37.3 Å². The van der Waals surface area contributed by atoms with Crippen molar-refractivity contribution in [3.8, 4) is 0 Å². The van der Waals surface area contributed by atoms with Crippen LogP contribution in [0.5, 0.6) is 0 Å². The van der Waals surface area contributed by atoms with Crippen molar-refractivity contribution in [1.29, 1.82) is 0 Å². The molecule has 2 heterocycles. The van der Waals surface area contributed by atoms with E-state index in [0.29, 0.717) is 16.8 Å². The highest BCUT2D eigenvalue weighted by atomic mass is 16.5. The third-order valence-electron chi connectivity index (χ3n) is 3.90. The zero-order chi connectivity index (χ0) is 17.3. The number of aryl methyl sites for hydroxylation is 2. The first-order valence-electron chi connectivity index (χ1n) is 7.65. The van der Waals surface area contributed by atoms with Gasteiger partial charge in [0, 0.05) is 0 Å². The number of nitrogens with zero attached hydrogens (tertiary/aromatic N) is 3. The number of carbonyl (C=O) groups excluding carboxylic acids is 1. The van der Waals surface area contributed by atoms with E-state index in [4.69, 9.17) is 4.52 Å². The molecule has 3 rings (SSSR count). The lowest BCUT2D eigenvalue weighted by molar-refractivity contribution is -0.122. The third-order valence-corrected chi connectivity index (χ3v) is 3.90. The van der Waals surface area contributed by atoms with Crippen LogP contribution in [-0.4, -0.2) is 20.8 Å². The van der Waals surface area contributed by atoms with E-state index >= 15 is 0 Å². The van der Waals surface area contributed by atoms with Crippen LogP contribution in [0.1, 0.15) is 30.0 Å². The van der Waals surface area contributed by atoms with E-state index in [9.17, 15) is 9.59 Å². The first-order chi connectivity index (χ1) is 11.5. The molecule has 24 heavy (non-hydrogen) atoms. The van der Waals surface area contributed by atoms with E-state index < -0.39 is 5.56 Å². The molecule has 0 saturated heterocycles. The Morgan fingerprint density at radius 1 is 1.29 bits per heavy atom. The molecule has 0 spiro atoms. The van der Waals surface area contributed by atoms with Crippen LogP contribution in [-0.2, 0) is 11.3 Å². The van der Waals surface area contributed by atoms with Crippen molar-refractivity contribution in [1.82, 2.24) is 20.3 Å². The van der Waals surface area contributed by atoms with Gasteiger partial charge in [0.2, 0.25) is 5.91 Å². The maximum Gasteiger partial charge on any atom is 0.297 e. The Kier molecular flexibility index (Phi) is 4.16. The number of fused-ring (bicyclic) bond motifs is 1. The van der Waals surface area contributed by atoms with Crippen LogP contribution in [0.3, 0.4) is 0 Å². The molecule has 0 fully saturated rings. The van der Waals surface area contributed by atoms with Gasteiger partial charge in [0.15, 0.2) is 5.52 Å². The minimum absolute atomic E-state index is 0.159. The van der Waals surface area contributed by atoms with Gasteiger partial charge in [0.1, 0.15) is 12.3 Å². The lowest BCUT2D eigenvalue weighted by Gasteiger charge is -2.14. The van der Waals surface area contributed by atoms with Gasteiger partial charge >= 0.3 is 0 Å². The molecule has 1 atom stereocenters. The highest BCUT2D eigenvalue weighted by molar-refractivity contribution is 5.82. The lowest BCUT2D eigenvalue weighted by atomic mass is 10.1. The first-order valence-corrected chi connectivity index (χ1v) is 7.65. The zero-order valence-electron chi connectivity index (χ0n) is 13.7. The van der Waals surface area contributed by atoms with Crippen molar-refractivity contribution in [3.63, 3.8) is 0 Å². The summed E-state index contributed by atoms with van der Waals surface area (Å²) in [4.78, 5) is 24.6. The van der Waals surface area contributed by atoms with Gasteiger partial charge in [-0.25, -0.2) is 4.68 Å².